The molecule has 0 N–H and O–H groups in total. The van der Waals surface area contributed by atoms with Gasteiger partial charge in [0.15, 0.2) is 5.69 Å². The molecule has 0 amide bonds. The topological polar surface area (TPSA) is 65.5 Å². The van der Waals surface area contributed by atoms with E-state index in [1.54, 1.807) is 19.9 Å². The quantitative estimate of drug-likeness (QED) is 0.762. The Labute approximate surface area is 112 Å². The third-order valence-corrected chi connectivity index (χ3v) is 2.65. The highest BCUT2D eigenvalue weighted by Gasteiger charge is 2.18. The van der Waals surface area contributed by atoms with E-state index in [1.165, 1.54) is 0 Å². The molecule has 0 aliphatic carbocycles. The monoisotopic (exact) mass is 265 g/mol. The highest BCUT2D eigenvalue weighted by molar-refractivity contribution is 5.90. The first-order valence-corrected chi connectivity index (χ1v) is 6.29. The first-order valence-electron chi connectivity index (χ1n) is 6.29. The van der Waals surface area contributed by atoms with Crippen molar-refractivity contribution in [1.82, 2.24) is 4.98 Å². The minimum Gasteiger partial charge on any atom is -0.466 e. The van der Waals surface area contributed by atoms with Crippen LogP contribution in [0.4, 0.5) is 0 Å². The normalized spacial score (nSPS) is 10.1. The minimum atomic E-state index is -0.509. The van der Waals surface area contributed by atoms with Gasteiger partial charge in [-0.2, -0.15) is 0 Å². The van der Waals surface area contributed by atoms with Crippen molar-refractivity contribution in [1.29, 1.82) is 0 Å². The lowest BCUT2D eigenvalue weighted by molar-refractivity contribution is -0.142. The molecule has 1 rings (SSSR count). The summed E-state index contributed by atoms with van der Waals surface area (Å²) in [6.07, 6.45) is 0.0239. The number of pyridine rings is 1. The summed E-state index contributed by atoms with van der Waals surface area (Å²) in [6.45, 7) is 7.74. The highest BCUT2D eigenvalue weighted by Crippen LogP contribution is 2.15. The molecule has 1 aromatic rings. The van der Waals surface area contributed by atoms with Gasteiger partial charge in [-0.05, 0) is 38.8 Å². The third-order valence-electron chi connectivity index (χ3n) is 2.65. The van der Waals surface area contributed by atoms with Gasteiger partial charge >= 0.3 is 11.9 Å². The maximum atomic E-state index is 11.8. The van der Waals surface area contributed by atoms with Gasteiger partial charge in [-0.15, -0.1) is 0 Å². The first-order chi connectivity index (χ1) is 8.99. The Balaban J connectivity index is 3.09. The fourth-order valence-corrected chi connectivity index (χ4v) is 1.64. The third kappa shape index (κ3) is 4.05. The van der Waals surface area contributed by atoms with E-state index in [-0.39, 0.29) is 24.7 Å². The predicted octanol–water partition coefficient (Wildman–Crippen LogP) is 1.98. The second-order valence-electron chi connectivity index (χ2n) is 4.10. The second kappa shape index (κ2) is 6.87. The van der Waals surface area contributed by atoms with Crippen LogP contribution in [-0.2, 0) is 20.7 Å². The number of nitrogens with zero attached hydrogens (tertiary/aromatic N) is 1. The molecule has 0 saturated carbocycles. The summed E-state index contributed by atoms with van der Waals surface area (Å²) < 4.78 is 9.84. The molecule has 0 spiro atoms. The standard InChI is InChI=1S/C14H19NO4/c1-5-18-12(16)8-11-7-9(3)10(4)15-13(11)14(17)19-6-2/h7H,5-6,8H2,1-4H3. The zero-order valence-electron chi connectivity index (χ0n) is 11.8. The number of ether oxygens (including phenoxy) is 2. The molecule has 0 fully saturated rings. The molecule has 104 valence electrons. The molecular formula is C14H19NO4. The van der Waals surface area contributed by atoms with E-state index in [0.717, 1.165) is 11.3 Å². The van der Waals surface area contributed by atoms with Crippen molar-refractivity contribution in [3.63, 3.8) is 0 Å². The van der Waals surface area contributed by atoms with Crippen molar-refractivity contribution in [3.05, 3.63) is 28.6 Å². The molecule has 0 aliphatic rings. The maximum absolute atomic E-state index is 11.8. The summed E-state index contributed by atoms with van der Waals surface area (Å²) in [5.74, 6) is -0.886. The zero-order valence-corrected chi connectivity index (χ0v) is 11.8. The summed E-state index contributed by atoms with van der Waals surface area (Å²) in [4.78, 5) is 27.6. The summed E-state index contributed by atoms with van der Waals surface area (Å²) in [6, 6.07) is 1.78. The number of rotatable bonds is 5. The molecule has 5 heteroatoms. The van der Waals surface area contributed by atoms with Crippen molar-refractivity contribution in [2.75, 3.05) is 13.2 Å². The van der Waals surface area contributed by atoms with E-state index in [4.69, 9.17) is 9.47 Å². The van der Waals surface area contributed by atoms with Crippen LogP contribution in [0.1, 0.15) is 41.2 Å². The van der Waals surface area contributed by atoms with Crippen LogP contribution >= 0.6 is 0 Å². The van der Waals surface area contributed by atoms with E-state index in [1.807, 2.05) is 13.8 Å². The van der Waals surface area contributed by atoms with Crippen molar-refractivity contribution < 1.29 is 19.1 Å². The molecule has 1 aromatic heterocycles. The first kappa shape index (κ1) is 15.1. The van der Waals surface area contributed by atoms with Crippen LogP contribution in [0.25, 0.3) is 0 Å². The van der Waals surface area contributed by atoms with Gasteiger partial charge < -0.3 is 9.47 Å². The molecule has 0 saturated heterocycles. The summed E-state index contributed by atoms with van der Waals surface area (Å²) in [5.41, 5.74) is 2.40. The van der Waals surface area contributed by atoms with E-state index in [0.29, 0.717) is 12.2 Å². The van der Waals surface area contributed by atoms with Gasteiger partial charge in [0.2, 0.25) is 0 Å². The molecule has 0 unspecified atom stereocenters. The van der Waals surface area contributed by atoms with Gasteiger partial charge in [-0.1, -0.05) is 6.07 Å². The number of carbonyl (C=O) groups is 2. The average molecular weight is 265 g/mol. The lowest BCUT2D eigenvalue weighted by Crippen LogP contribution is -2.16. The smallest absolute Gasteiger partial charge is 0.357 e. The average Bonchev–Trinajstić information content (AvgIpc) is 2.34. The Morgan fingerprint density at radius 3 is 2.37 bits per heavy atom. The van der Waals surface area contributed by atoms with Crippen molar-refractivity contribution in [3.8, 4) is 0 Å². The summed E-state index contributed by atoms with van der Waals surface area (Å²) >= 11 is 0. The van der Waals surface area contributed by atoms with Crippen molar-refractivity contribution in [2.45, 2.75) is 34.1 Å². The Bertz CT molecular complexity index is 483. The highest BCUT2D eigenvalue weighted by atomic mass is 16.5. The second-order valence-corrected chi connectivity index (χ2v) is 4.10. The molecule has 0 atom stereocenters. The van der Waals surface area contributed by atoms with E-state index in [9.17, 15) is 9.59 Å². The number of aromatic nitrogens is 1. The lowest BCUT2D eigenvalue weighted by atomic mass is 10.1. The fourth-order valence-electron chi connectivity index (χ4n) is 1.64. The Morgan fingerprint density at radius 2 is 1.79 bits per heavy atom. The number of carbonyl (C=O) groups excluding carboxylic acids is 2. The Hall–Kier alpha value is -1.91. The van der Waals surface area contributed by atoms with E-state index < -0.39 is 5.97 Å². The van der Waals surface area contributed by atoms with Crippen LogP contribution in [0.3, 0.4) is 0 Å². The largest absolute Gasteiger partial charge is 0.466 e. The number of hydrogen-bond acceptors (Lipinski definition) is 5. The maximum Gasteiger partial charge on any atom is 0.357 e. The molecule has 0 aliphatic heterocycles. The molecule has 1 heterocycles. The molecular weight excluding hydrogens is 246 g/mol. The summed E-state index contributed by atoms with van der Waals surface area (Å²) in [7, 11) is 0. The molecule has 0 radical (unpaired) electrons. The van der Waals surface area contributed by atoms with Crippen LogP contribution in [0, 0.1) is 13.8 Å². The van der Waals surface area contributed by atoms with Crippen molar-refractivity contribution >= 4 is 11.9 Å². The van der Waals surface area contributed by atoms with Crippen LogP contribution in [-0.4, -0.2) is 30.1 Å². The lowest BCUT2D eigenvalue weighted by Gasteiger charge is -2.10. The van der Waals surface area contributed by atoms with Crippen LogP contribution < -0.4 is 0 Å². The van der Waals surface area contributed by atoms with Crippen LogP contribution in [0.2, 0.25) is 0 Å². The van der Waals surface area contributed by atoms with Gasteiger partial charge in [0, 0.05) is 5.69 Å². The number of aryl methyl sites for hydroxylation is 2. The van der Waals surface area contributed by atoms with Gasteiger partial charge in [0.05, 0.1) is 19.6 Å². The SMILES string of the molecule is CCOC(=O)Cc1cc(C)c(C)nc1C(=O)OCC. The fraction of sp³-hybridized carbons (Fsp3) is 0.500. The Kier molecular flexibility index (Phi) is 5.48. The predicted molar refractivity (Wildman–Crippen MR) is 70.0 cm³/mol. The Morgan fingerprint density at radius 1 is 1.16 bits per heavy atom. The minimum absolute atomic E-state index is 0.0239. The van der Waals surface area contributed by atoms with Crippen LogP contribution in [0.15, 0.2) is 6.07 Å². The number of hydrogen-bond donors (Lipinski definition) is 0. The van der Waals surface area contributed by atoms with Crippen LogP contribution in [0.5, 0.6) is 0 Å². The molecule has 0 aromatic carbocycles. The van der Waals surface area contributed by atoms with Gasteiger partial charge in [0.1, 0.15) is 0 Å². The summed E-state index contributed by atoms with van der Waals surface area (Å²) in [5, 5.41) is 0. The number of esters is 2. The van der Waals surface area contributed by atoms with Gasteiger partial charge in [0.25, 0.3) is 0 Å². The van der Waals surface area contributed by atoms with E-state index >= 15 is 0 Å². The molecule has 19 heavy (non-hydrogen) atoms. The van der Waals surface area contributed by atoms with E-state index in [2.05, 4.69) is 4.98 Å². The van der Waals surface area contributed by atoms with Crippen molar-refractivity contribution in [2.24, 2.45) is 0 Å². The van der Waals surface area contributed by atoms with Gasteiger partial charge in [-0.3, -0.25) is 4.79 Å². The van der Waals surface area contributed by atoms with Gasteiger partial charge in [-0.25, -0.2) is 9.78 Å². The molecule has 5 nitrogen and oxygen atoms in total. The zero-order chi connectivity index (χ0) is 14.4. The molecule has 0 bridgehead atoms.